The summed E-state index contributed by atoms with van der Waals surface area (Å²) in [4.78, 5) is 20.9. The van der Waals surface area contributed by atoms with Crippen molar-refractivity contribution < 1.29 is 4.79 Å². The van der Waals surface area contributed by atoms with E-state index >= 15 is 0 Å². The molecule has 0 saturated heterocycles. The fourth-order valence-electron chi connectivity index (χ4n) is 3.46. The van der Waals surface area contributed by atoms with Crippen LogP contribution in [0.15, 0.2) is 36.7 Å². The number of hydrogen-bond acceptors (Lipinski definition) is 4. The predicted octanol–water partition coefficient (Wildman–Crippen LogP) is 2.35. The van der Waals surface area contributed by atoms with Crippen LogP contribution < -0.4 is 5.32 Å². The van der Waals surface area contributed by atoms with Gasteiger partial charge in [0.2, 0.25) is 5.91 Å². The van der Waals surface area contributed by atoms with Gasteiger partial charge in [0.05, 0.1) is 0 Å². The average Bonchev–Trinajstić information content (AvgIpc) is 3.20. The van der Waals surface area contributed by atoms with Gasteiger partial charge in [-0.15, -0.1) is 0 Å². The van der Waals surface area contributed by atoms with E-state index in [1.165, 1.54) is 11.9 Å². The molecule has 6 heteroatoms. The third kappa shape index (κ3) is 3.12. The standard InChI is InChI=1S/C19H21N5O/c1-12-15(13(2)24-19(22-12)20-11-21-24)8-9-18(25)23-17-10-16(17)14-6-4-3-5-7-14/h3-7,11,16-17H,8-10H2,1-2H3,(H,23,25)/t16-,17-/m1/s1. The van der Waals surface area contributed by atoms with E-state index in [0.29, 0.717) is 24.5 Å². The minimum Gasteiger partial charge on any atom is -0.353 e. The molecular weight excluding hydrogens is 314 g/mol. The van der Waals surface area contributed by atoms with Crippen molar-refractivity contribution in [2.45, 2.75) is 45.1 Å². The van der Waals surface area contributed by atoms with E-state index in [4.69, 9.17) is 0 Å². The molecule has 2 heterocycles. The Balaban J connectivity index is 1.37. The van der Waals surface area contributed by atoms with E-state index in [2.05, 4.69) is 32.5 Å². The molecule has 2 aromatic heterocycles. The van der Waals surface area contributed by atoms with Crippen LogP contribution in [0.3, 0.4) is 0 Å². The first-order valence-electron chi connectivity index (χ1n) is 8.63. The van der Waals surface area contributed by atoms with Gasteiger partial charge in [-0.05, 0) is 37.8 Å². The van der Waals surface area contributed by atoms with Crippen molar-refractivity contribution in [2.24, 2.45) is 0 Å². The summed E-state index contributed by atoms with van der Waals surface area (Å²) in [7, 11) is 0. The van der Waals surface area contributed by atoms with Crippen molar-refractivity contribution in [3.05, 3.63) is 59.2 Å². The first kappa shape index (κ1) is 15.7. The fraction of sp³-hybridized carbons (Fsp3) is 0.368. The van der Waals surface area contributed by atoms with E-state index in [0.717, 1.165) is 23.4 Å². The highest BCUT2D eigenvalue weighted by atomic mass is 16.1. The van der Waals surface area contributed by atoms with E-state index in [1.54, 1.807) is 4.52 Å². The average molecular weight is 335 g/mol. The monoisotopic (exact) mass is 335 g/mol. The lowest BCUT2D eigenvalue weighted by Crippen LogP contribution is -2.27. The van der Waals surface area contributed by atoms with Gasteiger partial charge < -0.3 is 5.32 Å². The molecule has 1 saturated carbocycles. The number of nitrogens with one attached hydrogen (secondary N) is 1. The summed E-state index contributed by atoms with van der Waals surface area (Å²) in [5, 5.41) is 7.34. The van der Waals surface area contributed by atoms with Crippen molar-refractivity contribution in [2.75, 3.05) is 0 Å². The van der Waals surface area contributed by atoms with Gasteiger partial charge in [0.1, 0.15) is 6.33 Å². The smallest absolute Gasteiger partial charge is 0.252 e. The molecule has 1 fully saturated rings. The highest BCUT2D eigenvalue weighted by molar-refractivity contribution is 5.77. The van der Waals surface area contributed by atoms with Gasteiger partial charge in [0.15, 0.2) is 0 Å². The number of carbonyl (C=O) groups excluding carboxylic acids is 1. The minimum atomic E-state index is 0.0981. The minimum absolute atomic E-state index is 0.0981. The normalized spacial score (nSPS) is 19.1. The number of benzene rings is 1. The maximum Gasteiger partial charge on any atom is 0.252 e. The van der Waals surface area contributed by atoms with Gasteiger partial charge in [0, 0.05) is 29.8 Å². The number of rotatable bonds is 5. The summed E-state index contributed by atoms with van der Waals surface area (Å²) in [6, 6.07) is 10.6. The van der Waals surface area contributed by atoms with E-state index < -0.39 is 0 Å². The predicted molar refractivity (Wildman–Crippen MR) is 94.3 cm³/mol. The van der Waals surface area contributed by atoms with Crippen LogP contribution in [0.5, 0.6) is 0 Å². The molecule has 6 nitrogen and oxygen atoms in total. The maximum absolute atomic E-state index is 12.3. The van der Waals surface area contributed by atoms with Gasteiger partial charge in [-0.25, -0.2) is 9.50 Å². The number of fused-ring (bicyclic) bond motifs is 1. The van der Waals surface area contributed by atoms with Crippen molar-refractivity contribution in [3.63, 3.8) is 0 Å². The molecule has 1 aliphatic carbocycles. The molecule has 128 valence electrons. The summed E-state index contributed by atoms with van der Waals surface area (Å²) in [5.41, 5.74) is 4.30. The summed E-state index contributed by atoms with van der Waals surface area (Å²) in [5.74, 6) is 1.16. The first-order chi connectivity index (χ1) is 12.1. The first-order valence-corrected chi connectivity index (χ1v) is 8.63. The van der Waals surface area contributed by atoms with Crippen LogP contribution in [0.25, 0.3) is 5.78 Å². The Morgan fingerprint density at radius 3 is 2.88 bits per heavy atom. The van der Waals surface area contributed by atoms with Crippen molar-refractivity contribution in [3.8, 4) is 0 Å². The Bertz CT molecular complexity index is 918. The molecule has 0 spiro atoms. The van der Waals surface area contributed by atoms with E-state index in [1.807, 2.05) is 32.0 Å². The zero-order valence-electron chi connectivity index (χ0n) is 14.4. The van der Waals surface area contributed by atoms with Crippen LogP contribution in [-0.2, 0) is 11.2 Å². The second kappa shape index (κ2) is 6.27. The van der Waals surface area contributed by atoms with E-state index in [-0.39, 0.29) is 11.9 Å². The molecule has 4 rings (SSSR count). The number of hydrogen-bond donors (Lipinski definition) is 1. The van der Waals surface area contributed by atoms with Gasteiger partial charge in [-0.1, -0.05) is 30.3 Å². The zero-order valence-corrected chi connectivity index (χ0v) is 14.4. The third-order valence-corrected chi connectivity index (χ3v) is 4.96. The zero-order chi connectivity index (χ0) is 17.4. The summed E-state index contributed by atoms with van der Waals surface area (Å²) in [6.45, 7) is 3.96. The summed E-state index contributed by atoms with van der Waals surface area (Å²) < 4.78 is 1.73. The number of aryl methyl sites for hydroxylation is 2. The Labute approximate surface area is 146 Å². The van der Waals surface area contributed by atoms with Gasteiger partial charge in [0.25, 0.3) is 5.78 Å². The molecule has 1 aliphatic rings. The van der Waals surface area contributed by atoms with Crippen LogP contribution in [0.1, 0.15) is 41.3 Å². The van der Waals surface area contributed by atoms with Gasteiger partial charge >= 0.3 is 0 Å². The summed E-state index contributed by atoms with van der Waals surface area (Å²) in [6.07, 6.45) is 3.65. The molecule has 1 aromatic carbocycles. The van der Waals surface area contributed by atoms with Gasteiger partial charge in [-0.3, -0.25) is 4.79 Å². The van der Waals surface area contributed by atoms with Crippen molar-refractivity contribution in [1.29, 1.82) is 0 Å². The van der Waals surface area contributed by atoms with Crippen LogP contribution in [0, 0.1) is 13.8 Å². The molecule has 0 aliphatic heterocycles. The molecule has 1 amide bonds. The molecule has 0 unspecified atom stereocenters. The third-order valence-electron chi connectivity index (χ3n) is 4.96. The van der Waals surface area contributed by atoms with Crippen LogP contribution in [-0.4, -0.2) is 31.5 Å². The maximum atomic E-state index is 12.3. The largest absolute Gasteiger partial charge is 0.353 e. The quantitative estimate of drug-likeness (QED) is 0.777. The Morgan fingerprint density at radius 2 is 2.08 bits per heavy atom. The van der Waals surface area contributed by atoms with Crippen molar-refractivity contribution >= 4 is 11.7 Å². The van der Waals surface area contributed by atoms with Crippen LogP contribution in [0.2, 0.25) is 0 Å². The number of carbonyl (C=O) groups is 1. The SMILES string of the molecule is Cc1nc2ncnn2c(C)c1CCC(=O)N[C@@H]1C[C@@H]1c1ccccc1. The van der Waals surface area contributed by atoms with Crippen LogP contribution in [0.4, 0.5) is 0 Å². The second-order valence-electron chi connectivity index (χ2n) is 6.66. The van der Waals surface area contributed by atoms with Crippen molar-refractivity contribution in [1.82, 2.24) is 24.9 Å². The molecular formula is C19H21N5O. The Morgan fingerprint density at radius 1 is 1.28 bits per heavy atom. The highest BCUT2D eigenvalue weighted by Crippen LogP contribution is 2.40. The number of amides is 1. The summed E-state index contributed by atoms with van der Waals surface area (Å²) >= 11 is 0. The van der Waals surface area contributed by atoms with E-state index in [9.17, 15) is 4.79 Å². The lowest BCUT2D eigenvalue weighted by Gasteiger charge is -2.10. The molecule has 25 heavy (non-hydrogen) atoms. The second-order valence-corrected chi connectivity index (χ2v) is 6.66. The lowest BCUT2D eigenvalue weighted by atomic mass is 10.1. The van der Waals surface area contributed by atoms with Gasteiger partial charge in [-0.2, -0.15) is 10.1 Å². The fourth-order valence-corrected chi connectivity index (χ4v) is 3.46. The molecule has 0 bridgehead atoms. The number of aromatic nitrogens is 4. The highest BCUT2D eigenvalue weighted by Gasteiger charge is 2.39. The molecule has 1 N–H and O–H groups in total. The van der Waals surface area contributed by atoms with Crippen LogP contribution >= 0.6 is 0 Å². The molecule has 3 aromatic rings. The molecule has 0 radical (unpaired) electrons. The topological polar surface area (TPSA) is 72.2 Å². The Hall–Kier alpha value is -2.76. The Kier molecular flexibility index (Phi) is 3.95. The molecule has 2 atom stereocenters. The lowest BCUT2D eigenvalue weighted by molar-refractivity contribution is -0.121. The number of nitrogens with zero attached hydrogens (tertiary/aromatic N) is 4.